The van der Waals surface area contributed by atoms with Gasteiger partial charge < -0.3 is 19.5 Å². The van der Waals surface area contributed by atoms with Gasteiger partial charge in [-0.3, -0.25) is 14.5 Å². The van der Waals surface area contributed by atoms with Crippen molar-refractivity contribution in [2.24, 2.45) is 0 Å². The van der Waals surface area contributed by atoms with Crippen LogP contribution in [-0.4, -0.2) is 78.1 Å². The van der Waals surface area contributed by atoms with E-state index in [1.54, 1.807) is 23.1 Å². The Morgan fingerprint density at radius 3 is 2.62 bits per heavy atom. The highest BCUT2D eigenvalue weighted by Gasteiger charge is 2.41. The Balaban J connectivity index is 1.35. The fourth-order valence-electron chi connectivity index (χ4n) is 4.64. The van der Waals surface area contributed by atoms with Crippen molar-refractivity contribution in [1.82, 2.24) is 9.80 Å². The third kappa shape index (κ3) is 4.56. The van der Waals surface area contributed by atoms with Crippen LogP contribution >= 0.6 is 0 Å². The van der Waals surface area contributed by atoms with Gasteiger partial charge in [0.1, 0.15) is 17.1 Å². The number of rotatable bonds is 5. The summed E-state index contributed by atoms with van der Waals surface area (Å²) in [6.07, 6.45) is 5.69. The highest BCUT2D eigenvalue weighted by Crippen LogP contribution is 2.42. The average molecular weight is 402 g/mol. The van der Waals surface area contributed by atoms with Crippen molar-refractivity contribution in [3.05, 3.63) is 23.8 Å². The molecule has 0 atom stereocenters. The number of ether oxygens (including phenoxy) is 2. The number of carbonyl (C=O) groups excluding carboxylic acids is 2. The van der Waals surface area contributed by atoms with Crippen LogP contribution in [-0.2, 0) is 4.79 Å². The second-order valence-corrected chi connectivity index (χ2v) is 8.34. The molecule has 2 fully saturated rings. The van der Waals surface area contributed by atoms with E-state index >= 15 is 0 Å². The molecule has 7 heteroatoms. The molecule has 29 heavy (non-hydrogen) atoms. The van der Waals surface area contributed by atoms with Crippen molar-refractivity contribution >= 4 is 11.7 Å². The number of aliphatic hydroxyl groups excluding tert-OH is 1. The van der Waals surface area contributed by atoms with Gasteiger partial charge in [-0.15, -0.1) is 0 Å². The lowest BCUT2D eigenvalue weighted by Gasteiger charge is -2.40. The van der Waals surface area contributed by atoms with Gasteiger partial charge in [0.15, 0.2) is 12.4 Å². The molecule has 0 aromatic heterocycles. The number of aliphatic hydroxyl groups is 1. The van der Waals surface area contributed by atoms with Gasteiger partial charge in [0, 0.05) is 38.8 Å². The van der Waals surface area contributed by atoms with Crippen molar-refractivity contribution < 1.29 is 24.2 Å². The Hall–Kier alpha value is -2.12. The number of β-amino-alcohol motifs (C(OH)–C–C–N with tert-alkyl or cyclic N) is 1. The molecule has 2 aliphatic heterocycles. The molecule has 7 nitrogen and oxygen atoms in total. The molecule has 1 saturated heterocycles. The lowest BCUT2D eigenvalue weighted by atomic mass is 9.78. The highest BCUT2D eigenvalue weighted by molar-refractivity contribution is 6.00. The molecule has 0 unspecified atom stereocenters. The molecule has 1 saturated carbocycles. The molecule has 1 aliphatic carbocycles. The molecule has 1 N–H and O–H groups in total. The van der Waals surface area contributed by atoms with Gasteiger partial charge in [-0.1, -0.05) is 6.42 Å². The Morgan fingerprint density at radius 1 is 1.14 bits per heavy atom. The van der Waals surface area contributed by atoms with E-state index < -0.39 is 0 Å². The molecule has 158 valence electrons. The summed E-state index contributed by atoms with van der Waals surface area (Å²) in [7, 11) is 0. The lowest BCUT2D eigenvalue weighted by molar-refractivity contribution is -0.135. The van der Waals surface area contributed by atoms with Gasteiger partial charge in [-0.25, -0.2) is 0 Å². The summed E-state index contributed by atoms with van der Waals surface area (Å²) >= 11 is 0. The second kappa shape index (κ2) is 8.71. The number of benzene rings is 1. The van der Waals surface area contributed by atoms with Gasteiger partial charge in [-0.05, 0) is 37.8 Å². The quantitative estimate of drug-likeness (QED) is 0.810. The minimum atomic E-state index is -0.356. The van der Waals surface area contributed by atoms with E-state index in [4.69, 9.17) is 14.6 Å². The smallest absolute Gasteiger partial charge is 0.260 e. The highest BCUT2D eigenvalue weighted by atomic mass is 16.5. The second-order valence-electron chi connectivity index (χ2n) is 8.34. The number of carbonyl (C=O) groups is 2. The largest absolute Gasteiger partial charge is 0.486 e. The van der Waals surface area contributed by atoms with Crippen LogP contribution in [0.5, 0.6) is 11.5 Å². The zero-order valence-electron chi connectivity index (χ0n) is 16.9. The predicted molar refractivity (Wildman–Crippen MR) is 107 cm³/mol. The summed E-state index contributed by atoms with van der Waals surface area (Å²) in [6, 6.07) is 5.25. The summed E-state index contributed by atoms with van der Waals surface area (Å²) < 4.78 is 12.0. The fraction of sp³-hybridized carbons (Fsp3) is 0.636. The van der Waals surface area contributed by atoms with Crippen molar-refractivity contribution in [3.8, 4) is 11.5 Å². The monoisotopic (exact) mass is 402 g/mol. The van der Waals surface area contributed by atoms with Crippen molar-refractivity contribution in [3.63, 3.8) is 0 Å². The van der Waals surface area contributed by atoms with Gasteiger partial charge in [0.05, 0.1) is 18.6 Å². The van der Waals surface area contributed by atoms with E-state index in [0.717, 1.165) is 38.8 Å². The number of fused-ring (bicyclic) bond motifs is 1. The lowest BCUT2D eigenvalue weighted by Crippen LogP contribution is -2.50. The van der Waals surface area contributed by atoms with Crippen LogP contribution < -0.4 is 9.47 Å². The van der Waals surface area contributed by atoms with Crippen molar-refractivity contribution in [2.45, 2.75) is 44.1 Å². The van der Waals surface area contributed by atoms with Crippen LogP contribution in [0.4, 0.5) is 0 Å². The zero-order valence-corrected chi connectivity index (χ0v) is 16.9. The Kier molecular flexibility index (Phi) is 6.06. The fourth-order valence-corrected chi connectivity index (χ4v) is 4.64. The summed E-state index contributed by atoms with van der Waals surface area (Å²) in [5.41, 5.74) is 0.255. The number of hydrogen-bond acceptors (Lipinski definition) is 6. The number of piperazine rings is 1. The minimum absolute atomic E-state index is 0.0299. The Bertz CT molecular complexity index is 752. The van der Waals surface area contributed by atoms with Gasteiger partial charge >= 0.3 is 0 Å². The van der Waals surface area contributed by atoms with Crippen molar-refractivity contribution in [2.75, 3.05) is 45.9 Å². The molecular weight excluding hydrogens is 372 g/mol. The number of nitrogens with zero attached hydrogens (tertiary/aromatic N) is 2. The molecular formula is C22H30N2O5. The molecule has 0 bridgehead atoms. The van der Waals surface area contributed by atoms with Crippen LogP contribution in [0, 0.1) is 0 Å². The molecule has 4 rings (SSSR count). The molecule has 1 aromatic carbocycles. The van der Waals surface area contributed by atoms with E-state index in [1.165, 1.54) is 6.42 Å². The maximum Gasteiger partial charge on any atom is 0.260 e. The summed E-state index contributed by atoms with van der Waals surface area (Å²) in [4.78, 5) is 29.0. The third-order valence-electron chi connectivity index (χ3n) is 6.33. The van der Waals surface area contributed by atoms with Gasteiger partial charge in [-0.2, -0.15) is 0 Å². The van der Waals surface area contributed by atoms with Crippen LogP contribution in [0.2, 0.25) is 0 Å². The first kappa shape index (κ1) is 20.2. The SMILES string of the molecule is O=C1CC2(CCCCC2)Oc2cc(OCC(=O)N3CCN(CCO)CC3)ccc21. The van der Waals surface area contributed by atoms with Gasteiger partial charge in [0.2, 0.25) is 0 Å². The van der Waals surface area contributed by atoms with E-state index in [9.17, 15) is 9.59 Å². The van der Waals surface area contributed by atoms with E-state index in [2.05, 4.69) is 4.90 Å². The molecule has 0 radical (unpaired) electrons. The molecule has 1 spiro atoms. The summed E-state index contributed by atoms with van der Waals surface area (Å²) in [6.45, 7) is 3.58. The summed E-state index contributed by atoms with van der Waals surface area (Å²) in [5.74, 6) is 1.23. The Morgan fingerprint density at radius 2 is 1.90 bits per heavy atom. The number of Topliss-reactive ketones (excluding diaryl/α,β-unsaturated/α-hetero) is 1. The van der Waals surface area contributed by atoms with Crippen molar-refractivity contribution in [1.29, 1.82) is 0 Å². The van der Waals surface area contributed by atoms with Crippen LogP contribution in [0.3, 0.4) is 0 Å². The van der Waals surface area contributed by atoms with E-state index in [0.29, 0.717) is 43.1 Å². The normalized spacial score (nSPS) is 21.6. The van der Waals surface area contributed by atoms with E-state index in [1.807, 2.05) is 0 Å². The zero-order chi connectivity index (χ0) is 20.3. The first-order valence-corrected chi connectivity index (χ1v) is 10.7. The Labute approximate surface area is 171 Å². The average Bonchev–Trinajstić information content (AvgIpc) is 2.73. The third-order valence-corrected chi connectivity index (χ3v) is 6.33. The van der Waals surface area contributed by atoms with Crippen LogP contribution in [0.15, 0.2) is 18.2 Å². The maximum atomic E-state index is 12.6. The first-order valence-electron chi connectivity index (χ1n) is 10.7. The summed E-state index contributed by atoms with van der Waals surface area (Å²) in [5, 5.41) is 9.01. The minimum Gasteiger partial charge on any atom is -0.486 e. The number of hydrogen-bond donors (Lipinski definition) is 1. The topological polar surface area (TPSA) is 79.3 Å². The van der Waals surface area contributed by atoms with Crippen LogP contribution in [0.25, 0.3) is 0 Å². The molecule has 1 aromatic rings. The van der Waals surface area contributed by atoms with E-state index in [-0.39, 0.29) is 30.5 Å². The number of ketones is 1. The van der Waals surface area contributed by atoms with Gasteiger partial charge in [0.25, 0.3) is 5.91 Å². The predicted octanol–water partition coefficient (Wildman–Crippen LogP) is 1.87. The first-order chi connectivity index (χ1) is 14.1. The maximum absolute atomic E-state index is 12.6. The molecule has 3 aliphatic rings. The standard InChI is InChI=1S/C22H30N2O5/c25-13-12-23-8-10-24(11-9-23)21(27)16-28-17-4-5-18-19(26)15-22(29-20(18)14-17)6-2-1-3-7-22/h4-5,14,25H,1-3,6-13,15-16H2. The molecule has 1 amide bonds. The number of amides is 1. The van der Waals surface area contributed by atoms with Crippen LogP contribution in [0.1, 0.15) is 48.9 Å². The molecule has 2 heterocycles.